The number of hydrogen-bond donors (Lipinski definition) is 0. The third-order valence-electron chi connectivity index (χ3n) is 2.84. The van der Waals surface area contributed by atoms with Crippen LogP contribution in [-0.4, -0.2) is 15.9 Å². The Kier molecular flexibility index (Phi) is 3.69. The first-order valence-corrected chi connectivity index (χ1v) is 6.23. The predicted molar refractivity (Wildman–Crippen MR) is 73.0 cm³/mol. The van der Waals surface area contributed by atoms with Gasteiger partial charge in [0.25, 0.3) is 0 Å². The number of hydrogen-bond acceptors (Lipinski definition) is 3. The van der Waals surface area contributed by atoms with E-state index in [-0.39, 0.29) is 12.0 Å². The van der Waals surface area contributed by atoms with Crippen molar-refractivity contribution in [3.05, 3.63) is 53.9 Å². The van der Waals surface area contributed by atoms with Crippen molar-refractivity contribution in [2.75, 3.05) is 0 Å². The van der Waals surface area contributed by atoms with Crippen molar-refractivity contribution in [3.8, 4) is 0 Å². The van der Waals surface area contributed by atoms with Gasteiger partial charge >= 0.3 is 6.09 Å². The van der Waals surface area contributed by atoms with Crippen molar-refractivity contribution >= 4 is 6.09 Å². The number of aromatic nitrogens is 2. The largest absolute Gasteiger partial charge is 0.443 e. The standard InChI is InChI=1S/C15H18N2O2/c1-15(2,3)13-9-16-17(10-13)14(18)19-11-12-7-5-4-6-8-12/h4-10H,11H2,1-3H3. The van der Waals surface area contributed by atoms with Crippen LogP contribution in [0, 0.1) is 0 Å². The number of nitrogens with zero attached hydrogens (tertiary/aromatic N) is 2. The first-order chi connectivity index (χ1) is 8.97. The Morgan fingerprint density at radius 1 is 1.26 bits per heavy atom. The molecule has 0 fully saturated rings. The fourth-order valence-electron chi connectivity index (χ4n) is 1.60. The van der Waals surface area contributed by atoms with Gasteiger partial charge in [-0.15, -0.1) is 0 Å². The SMILES string of the molecule is CC(C)(C)c1cnn(C(=O)OCc2ccccc2)c1. The van der Waals surface area contributed by atoms with E-state index in [2.05, 4.69) is 25.9 Å². The predicted octanol–water partition coefficient (Wildman–Crippen LogP) is 3.37. The highest BCUT2D eigenvalue weighted by molar-refractivity contribution is 5.69. The first kappa shape index (κ1) is 13.3. The average Bonchev–Trinajstić information content (AvgIpc) is 2.87. The summed E-state index contributed by atoms with van der Waals surface area (Å²) in [6, 6.07) is 9.58. The van der Waals surface area contributed by atoms with E-state index in [1.54, 1.807) is 12.4 Å². The fourth-order valence-corrected chi connectivity index (χ4v) is 1.60. The Morgan fingerprint density at radius 3 is 2.53 bits per heavy atom. The molecule has 0 N–H and O–H groups in total. The highest BCUT2D eigenvalue weighted by Gasteiger charge is 2.18. The molecule has 0 atom stereocenters. The summed E-state index contributed by atoms with van der Waals surface area (Å²) in [5.74, 6) is 0. The molecule has 4 heteroatoms. The van der Waals surface area contributed by atoms with Gasteiger partial charge in [-0.25, -0.2) is 4.79 Å². The molecule has 0 radical (unpaired) electrons. The second-order valence-corrected chi connectivity index (χ2v) is 5.46. The minimum absolute atomic E-state index is 0.0298. The molecule has 1 aromatic heterocycles. The van der Waals surface area contributed by atoms with E-state index in [1.165, 1.54) is 4.68 Å². The van der Waals surface area contributed by atoms with Crippen LogP contribution in [0.15, 0.2) is 42.7 Å². The zero-order chi connectivity index (χ0) is 13.9. The molecule has 4 nitrogen and oxygen atoms in total. The fraction of sp³-hybridized carbons (Fsp3) is 0.333. The number of ether oxygens (including phenoxy) is 1. The van der Waals surface area contributed by atoms with Crippen LogP contribution in [0.4, 0.5) is 4.79 Å². The molecule has 0 amide bonds. The Labute approximate surface area is 113 Å². The highest BCUT2D eigenvalue weighted by atomic mass is 16.6. The minimum atomic E-state index is -0.459. The molecule has 19 heavy (non-hydrogen) atoms. The Balaban J connectivity index is 1.99. The minimum Gasteiger partial charge on any atom is -0.443 e. The van der Waals surface area contributed by atoms with E-state index in [1.807, 2.05) is 30.3 Å². The van der Waals surface area contributed by atoms with Gasteiger partial charge in [0.05, 0.1) is 6.20 Å². The van der Waals surface area contributed by atoms with Crippen LogP contribution < -0.4 is 0 Å². The van der Waals surface area contributed by atoms with Gasteiger partial charge in [-0.3, -0.25) is 0 Å². The molecule has 0 saturated carbocycles. The number of carbonyl (C=O) groups is 1. The van der Waals surface area contributed by atoms with Gasteiger partial charge in [0, 0.05) is 6.20 Å². The lowest BCUT2D eigenvalue weighted by Gasteiger charge is -2.14. The topological polar surface area (TPSA) is 44.1 Å². The van der Waals surface area contributed by atoms with Crippen LogP contribution in [0.1, 0.15) is 31.9 Å². The van der Waals surface area contributed by atoms with E-state index >= 15 is 0 Å². The van der Waals surface area contributed by atoms with Gasteiger partial charge in [0.1, 0.15) is 6.61 Å². The molecular weight excluding hydrogens is 240 g/mol. The molecule has 0 aliphatic heterocycles. The summed E-state index contributed by atoms with van der Waals surface area (Å²) in [5.41, 5.74) is 1.93. The molecule has 0 unspecified atom stereocenters. The molecule has 1 heterocycles. The van der Waals surface area contributed by atoms with Crippen LogP contribution in [0.25, 0.3) is 0 Å². The summed E-state index contributed by atoms with van der Waals surface area (Å²) in [6.07, 6.45) is 2.95. The van der Waals surface area contributed by atoms with Crippen molar-refractivity contribution in [1.29, 1.82) is 0 Å². The molecule has 0 spiro atoms. The second-order valence-electron chi connectivity index (χ2n) is 5.46. The van der Waals surface area contributed by atoms with Gasteiger partial charge in [0.2, 0.25) is 0 Å². The van der Waals surface area contributed by atoms with E-state index in [4.69, 9.17) is 4.74 Å². The molecule has 2 rings (SSSR count). The highest BCUT2D eigenvalue weighted by Crippen LogP contribution is 2.20. The number of rotatable bonds is 2. The third kappa shape index (κ3) is 3.44. The van der Waals surface area contributed by atoms with E-state index in [9.17, 15) is 4.79 Å². The maximum Gasteiger partial charge on any atom is 0.435 e. The number of benzene rings is 1. The quantitative estimate of drug-likeness (QED) is 0.829. The summed E-state index contributed by atoms with van der Waals surface area (Å²) in [7, 11) is 0. The molecular formula is C15H18N2O2. The molecule has 0 aliphatic rings. The first-order valence-electron chi connectivity index (χ1n) is 6.23. The van der Waals surface area contributed by atoms with Crippen LogP contribution in [0.2, 0.25) is 0 Å². The zero-order valence-corrected chi connectivity index (χ0v) is 11.5. The summed E-state index contributed by atoms with van der Waals surface area (Å²) in [4.78, 5) is 11.8. The van der Waals surface area contributed by atoms with Gasteiger partial charge in [-0.1, -0.05) is 51.1 Å². The lowest BCUT2D eigenvalue weighted by Crippen LogP contribution is -2.15. The normalized spacial score (nSPS) is 11.3. The van der Waals surface area contributed by atoms with Gasteiger partial charge in [-0.05, 0) is 16.5 Å². The molecule has 2 aromatic rings. The van der Waals surface area contributed by atoms with Crippen molar-refractivity contribution in [2.45, 2.75) is 32.8 Å². The summed E-state index contributed by atoms with van der Waals surface area (Å²) >= 11 is 0. The van der Waals surface area contributed by atoms with E-state index in [0.717, 1.165) is 11.1 Å². The van der Waals surface area contributed by atoms with Crippen molar-refractivity contribution in [2.24, 2.45) is 0 Å². The Bertz CT molecular complexity index is 553. The van der Waals surface area contributed by atoms with Crippen LogP contribution in [0.3, 0.4) is 0 Å². The second kappa shape index (κ2) is 5.26. The summed E-state index contributed by atoms with van der Waals surface area (Å²) < 4.78 is 6.44. The Hall–Kier alpha value is -2.10. The average molecular weight is 258 g/mol. The number of carbonyl (C=O) groups excluding carboxylic acids is 1. The van der Waals surface area contributed by atoms with E-state index < -0.39 is 6.09 Å². The van der Waals surface area contributed by atoms with Crippen molar-refractivity contribution in [3.63, 3.8) is 0 Å². The van der Waals surface area contributed by atoms with Gasteiger partial charge in [0.15, 0.2) is 0 Å². The molecule has 0 saturated heterocycles. The lowest BCUT2D eigenvalue weighted by molar-refractivity contribution is 0.138. The summed E-state index contributed by atoms with van der Waals surface area (Å²) in [6.45, 7) is 6.47. The van der Waals surface area contributed by atoms with Gasteiger partial charge in [-0.2, -0.15) is 9.78 Å². The van der Waals surface area contributed by atoms with Crippen LogP contribution in [0.5, 0.6) is 0 Å². The van der Waals surface area contributed by atoms with Crippen LogP contribution in [-0.2, 0) is 16.8 Å². The van der Waals surface area contributed by atoms with Crippen LogP contribution >= 0.6 is 0 Å². The van der Waals surface area contributed by atoms with E-state index in [0.29, 0.717) is 0 Å². The third-order valence-corrected chi connectivity index (χ3v) is 2.84. The maximum atomic E-state index is 11.8. The maximum absolute atomic E-state index is 11.8. The monoisotopic (exact) mass is 258 g/mol. The molecule has 0 bridgehead atoms. The zero-order valence-electron chi connectivity index (χ0n) is 11.5. The Morgan fingerprint density at radius 2 is 1.95 bits per heavy atom. The molecule has 1 aromatic carbocycles. The molecule has 100 valence electrons. The smallest absolute Gasteiger partial charge is 0.435 e. The van der Waals surface area contributed by atoms with Crippen molar-refractivity contribution < 1.29 is 9.53 Å². The van der Waals surface area contributed by atoms with Crippen molar-refractivity contribution in [1.82, 2.24) is 9.78 Å². The lowest BCUT2D eigenvalue weighted by atomic mass is 9.90. The summed E-state index contributed by atoms with van der Waals surface area (Å²) in [5, 5.41) is 4.04. The molecule has 0 aliphatic carbocycles. The van der Waals surface area contributed by atoms with Gasteiger partial charge < -0.3 is 4.74 Å².